The number of fused-ring (bicyclic) bond motifs is 1. The molecule has 0 aliphatic carbocycles. The average molecular weight is 445 g/mol. The van der Waals surface area contributed by atoms with Crippen LogP contribution in [0, 0.1) is 0 Å². The van der Waals surface area contributed by atoms with Crippen LogP contribution in [0.2, 0.25) is 0 Å². The van der Waals surface area contributed by atoms with E-state index in [4.69, 9.17) is 9.72 Å². The Labute approximate surface area is 193 Å². The summed E-state index contributed by atoms with van der Waals surface area (Å²) in [6.07, 6.45) is 3.51. The molecule has 2 aromatic carbocycles. The van der Waals surface area contributed by atoms with Crippen LogP contribution in [0.5, 0.6) is 11.6 Å². The molecule has 2 aromatic heterocycles. The maximum absolute atomic E-state index is 9.70. The summed E-state index contributed by atoms with van der Waals surface area (Å²) in [6.45, 7) is 2.52. The van der Waals surface area contributed by atoms with Gasteiger partial charge in [0.05, 0.1) is 24.7 Å². The molecule has 1 aliphatic heterocycles. The SMILES string of the molecule is COc1ccc(Cn2c(N3CCC(N(C)c4nccc(O)n4)CC3)nc3ccccc32)cc1. The van der Waals surface area contributed by atoms with Gasteiger partial charge in [-0.05, 0) is 42.7 Å². The van der Waals surface area contributed by atoms with Crippen LogP contribution < -0.4 is 14.5 Å². The van der Waals surface area contributed by atoms with Crippen molar-refractivity contribution in [1.82, 2.24) is 19.5 Å². The molecule has 0 bridgehead atoms. The van der Waals surface area contributed by atoms with Crippen LogP contribution in [0.15, 0.2) is 60.8 Å². The fourth-order valence-corrected chi connectivity index (χ4v) is 4.50. The van der Waals surface area contributed by atoms with Crippen molar-refractivity contribution in [1.29, 1.82) is 0 Å². The summed E-state index contributed by atoms with van der Waals surface area (Å²) in [7, 11) is 3.68. The van der Waals surface area contributed by atoms with Gasteiger partial charge >= 0.3 is 0 Å². The molecule has 1 N–H and O–H groups in total. The van der Waals surface area contributed by atoms with Gasteiger partial charge in [0.15, 0.2) is 0 Å². The number of imidazole rings is 1. The van der Waals surface area contributed by atoms with E-state index in [2.05, 4.69) is 54.7 Å². The van der Waals surface area contributed by atoms with E-state index in [1.807, 2.05) is 25.2 Å². The number of benzene rings is 2. The van der Waals surface area contributed by atoms with Crippen LogP contribution >= 0.6 is 0 Å². The number of methoxy groups -OCH3 is 1. The first kappa shape index (κ1) is 21.1. The molecule has 0 unspecified atom stereocenters. The minimum Gasteiger partial charge on any atom is -0.497 e. The predicted octanol–water partition coefficient (Wildman–Crippen LogP) is 3.69. The van der Waals surface area contributed by atoms with Crippen molar-refractivity contribution in [3.8, 4) is 11.6 Å². The van der Waals surface area contributed by atoms with Gasteiger partial charge in [0.25, 0.3) is 0 Å². The van der Waals surface area contributed by atoms with Gasteiger partial charge in [0.1, 0.15) is 5.75 Å². The third-order valence-corrected chi connectivity index (χ3v) is 6.37. The molecule has 0 radical (unpaired) electrons. The molecule has 33 heavy (non-hydrogen) atoms. The Morgan fingerprint density at radius 3 is 2.52 bits per heavy atom. The average Bonchev–Trinajstić information content (AvgIpc) is 3.22. The zero-order chi connectivity index (χ0) is 22.8. The van der Waals surface area contributed by atoms with Crippen molar-refractivity contribution in [2.75, 3.05) is 37.0 Å². The van der Waals surface area contributed by atoms with Crippen LogP contribution in [-0.2, 0) is 6.54 Å². The van der Waals surface area contributed by atoms with Gasteiger partial charge in [-0.25, -0.2) is 9.97 Å². The number of aromatic hydroxyl groups is 1. The highest BCUT2D eigenvalue weighted by atomic mass is 16.5. The summed E-state index contributed by atoms with van der Waals surface area (Å²) in [5.41, 5.74) is 3.35. The number of anilines is 2. The highest BCUT2D eigenvalue weighted by molar-refractivity contribution is 5.79. The lowest BCUT2D eigenvalue weighted by atomic mass is 10.0. The Balaban J connectivity index is 1.37. The number of hydrogen-bond donors (Lipinski definition) is 1. The maximum Gasteiger partial charge on any atom is 0.228 e. The van der Waals surface area contributed by atoms with Crippen molar-refractivity contribution >= 4 is 22.9 Å². The lowest BCUT2D eigenvalue weighted by molar-refractivity contribution is 0.414. The van der Waals surface area contributed by atoms with Crippen molar-refractivity contribution in [2.45, 2.75) is 25.4 Å². The number of rotatable bonds is 6. The number of aromatic nitrogens is 4. The smallest absolute Gasteiger partial charge is 0.228 e. The maximum atomic E-state index is 9.70. The molecule has 8 nitrogen and oxygen atoms in total. The second-order valence-electron chi connectivity index (χ2n) is 8.38. The van der Waals surface area contributed by atoms with Crippen LogP contribution in [0.3, 0.4) is 0 Å². The fraction of sp³-hybridized carbons (Fsp3) is 0.320. The van der Waals surface area contributed by atoms with E-state index in [9.17, 15) is 5.11 Å². The van der Waals surface area contributed by atoms with E-state index in [-0.39, 0.29) is 5.88 Å². The molecule has 4 aromatic rings. The zero-order valence-electron chi connectivity index (χ0n) is 18.9. The minimum absolute atomic E-state index is 0.00321. The van der Waals surface area contributed by atoms with E-state index in [1.165, 1.54) is 11.6 Å². The molecule has 170 valence electrons. The van der Waals surface area contributed by atoms with E-state index >= 15 is 0 Å². The third-order valence-electron chi connectivity index (χ3n) is 6.37. The normalized spacial score (nSPS) is 14.5. The highest BCUT2D eigenvalue weighted by Gasteiger charge is 2.27. The Bertz CT molecular complexity index is 1230. The molecule has 0 saturated carbocycles. The number of para-hydroxylation sites is 2. The second kappa shape index (κ2) is 8.97. The molecule has 0 atom stereocenters. The summed E-state index contributed by atoms with van der Waals surface area (Å²) in [6, 6.07) is 18.3. The fourth-order valence-electron chi connectivity index (χ4n) is 4.50. The number of ether oxygens (including phenoxy) is 1. The van der Waals surface area contributed by atoms with Crippen molar-refractivity contribution in [3.63, 3.8) is 0 Å². The Hall–Kier alpha value is -3.81. The summed E-state index contributed by atoms with van der Waals surface area (Å²) >= 11 is 0. The lowest BCUT2D eigenvalue weighted by Crippen LogP contribution is -2.44. The summed E-state index contributed by atoms with van der Waals surface area (Å²) in [5, 5.41) is 9.70. The second-order valence-corrected chi connectivity index (χ2v) is 8.38. The van der Waals surface area contributed by atoms with Gasteiger partial charge < -0.3 is 24.2 Å². The summed E-state index contributed by atoms with van der Waals surface area (Å²) < 4.78 is 7.61. The molecule has 5 rings (SSSR count). The van der Waals surface area contributed by atoms with Gasteiger partial charge in [-0.15, -0.1) is 0 Å². The first-order valence-electron chi connectivity index (χ1n) is 11.2. The first-order chi connectivity index (χ1) is 16.1. The molecule has 3 heterocycles. The third kappa shape index (κ3) is 4.28. The highest BCUT2D eigenvalue weighted by Crippen LogP contribution is 2.28. The molecule has 0 amide bonds. The van der Waals surface area contributed by atoms with Crippen LogP contribution in [0.25, 0.3) is 11.0 Å². The van der Waals surface area contributed by atoms with Crippen LogP contribution in [0.4, 0.5) is 11.9 Å². The van der Waals surface area contributed by atoms with Crippen molar-refractivity contribution in [3.05, 3.63) is 66.4 Å². The van der Waals surface area contributed by atoms with Gasteiger partial charge in [-0.1, -0.05) is 24.3 Å². The Morgan fingerprint density at radius 1 is 1.03 bits per heavy atom. The van der Waals surface area contributed by atoms with Gasteiger partial charge in [-0.2, -0.15) is 4.98 Å². The topological polar surface area (TPSA) is 79.5 Å². The molecule has 1 saturated heterocycles. The lowest BCUT2D eigenvalue weighted by Gasteiger charge is -2.37. The molecular formula is C25H28N6O2. The van der Waals surface area contributed by atoms with Gasteiger partial charge in [0, 0.05) is 38.4 Å². The predicted molar refractivity (Wildman–Crippen MR) is 129 cm³/mol. The first-order valence-corrected chi connectivity index (χ1v) is 11.2. The summed E-state index contributed by atoms with van der Waals surface area (Å²) in [5.74, 6) is 2.41. The van der Waals surface area contributed by atoms with Gasteiger partial charge in [0.2, 0.25) is 17.8 Å². The quantitative estimate of drug-likeness (QED) is 0.486. The molecule has 0 spiro atoms. The zero-order valence-corrected chi connectivity index (χ0v) is 18.9. The van der Waals surface area contributed by atoms with E-state index in [0.29, 0.717) is 12.0 Å². The number of piperidine rings is 1. The minimum atomic E-state index is -0.00321. The molecule has 1 fully saturated rings. The standard InChI is InChI=1S/C25H28N6O2/c1-29(24-26-14-11-23(32)28-24)19-12-15-30(16-13-19)25-27-21-5-3-4-6-22(21)31(25)17-18-7-9-20(33-2)10-8-18/h3-11,14,19H,12-13,15-17H2,1-2H3,(H,26,28,32). The van der Waals surface area contributed by atoms with Crippen molar-refractivity contribution in [2.24, 2.45) is 0 Å². The molecular weight excluding hydrogens is 416 g/mol. The Morgan fingerprint density at radius 2 is 1.79 bits per heavy atom. The van der Waals surface area contributed by atoms with E-state index < -0.39 is 0 Å². The monoisotopic (exact) mass is 444 g/mol. The molecule has 1 aliphatic rings. The van der Waals surface area contributed by atoms with Crippen molar-refractivity contribution < 1.29 is 9.84 Å². The summed E-state index contributed by atoms with van der Waals surface area (Å²) in [4.78, 5) is 17.9. The molecule has 8 heteroatoms. The van der Waals surface area contributed by atoms with E-state index in [1.54, 1.807) is 13.3 Å². The number of hydrogen-bond acceptors (Lipinski definition) is 7. The van der Waals surface area contributed by atoms with Crippen LogP contribution in [0.1, 0.15) is 18.4 Å². The van der Waals surface area contributed by atoms with E-state index in [0.717, 1.165) is 55.2 Å². The largest absolute Gasteiger partial charge is 0.497 e. The van der Waals surface area contributed by atoms with Crippen LogP contribution in [-0.4, -0.2) is 57.9 Å². The Kier molecular flexibility index (Phi) is 5.73. The number of nitrogens with zero attached hydrogens (tertiary/aromatic N) is 6. The van der Waals surface area contributed by atoms with Gasteiger partial charge in [-0.3, -0.25) is 0 Å².